The lowest BCUT2D eigenvalue weighted by molar-refractivity contribution is 0.0953. The molecular weight excluding hydrogens is 388 g/mol. The molecule has 0 saturated heterocycles. The van der Waals surface area contributed by atoms with Crippen LogP contribution in [0.3, 0.4) is 0 Å². The Morgan fingerprint density at radius 3 is 2.83 bits per heavy atom. The maximum Gasteiger partial charge on any atom is 0.253 e. The van der Waals surface area contributed by atoms with Crippen molar-refractivity contribution in [3.63, 3.8) is 0 Å². The molecule has 3 aromatic rings. The van der Waals surface area contributed by atoms with E-state index in [1.54, 1.807) is 17.6 Å². The van der Waals surface area contributed by atoms with Crippen LogP contribution in [0.1, 0.15) is 32.4 Å². The highest BCUT2D eigenvalue weighted by molar-refractivity contribution is 9.11. The van der Waals surface area contributed by atoms with E-state index in [0.717, 1.165) is 32.9 Å². The monoisotopic (exact) mass is 406 g/mol. The highest BCUT2D eigenvalue weighted by Gasteiger charge is 2.16. The van der Waals surface area contributed by atoms with Gasteiger partial charge in [-0.15, -0.1) is 11.3 Å². The highest BCUT2D eigenvalue weighted by Crippen LogP contribution is 2.22. The van der Waals surface area contributed by atoms with Crippen molar-refractivity contribution in [1.29, 1.82) is 0 Å². The molecular formula is C18H19BrN2O2S. The van der Waals surface area contributed by atoms with Gasteiger partial charge in [0.25, 0.3) is 5.91 Å². The van der Waals surface area contributed by atoms with Crippen molar-refractivity contribution >= 4 is 33.2 Å². The van der Waals surface area contributed by atoms with Gasteiger partial charge in [0.15, 0.2) is 0 Å². The molecule has 24 heavy (non-hydrogen) atoms. The van der Waals surface area contributed by atoms with E-state index in [9.17, 15) is 4.79 Å². The second kappa shape index (κ2) is 7.40. The summed E-state index contributed by atoms with van der Waals surface area (Å²) in [4.78, 5) is 13.7. The summed E-state index contributed by atoms with van der Waals surface area (Å²) < 4.78 is 8.63. The number of carbonyl (C=O) groups excluding carboxylic acids is 1. The van der Waals surface area contributed by atoms with Gasteiger partial charge in [-0.25, -0.2) is 0 Å². The van der Waals surface area contributed by atoms with Crippen LogP contribution in [0, 0.1) is 13.8 Å². The van der Waals surface area contributed by atoms with Crippen LogP contribution >= 0.6 is 27.3 Å². The van der Waals surface area contributed by atoms with Gasteiger partial charge in [0.05, 0.1) is 22.2 Å². The number of hydrogen-bond donors (Lipinski definition) is 1. The van der Waals surface area contributed by atoms with Gasteiger partial charge in [0, 0.05) is 22.8 Å². The first-order chi connectivity index (χ1) is 11.5. The van der Waals surface area contributed by atoms with Crippen molar-refractivity contribution in [3.8, 4) is 0 Å². The molecule has 0 aliphatic carbocycles. The van der Waals surface area contributed by atoms with Gasteiger partial charge in [0.2, 0.25) is 0 Å². The maximum atomic E-state index is 12.5. The number of rotatable bonds is 6. The zero-order chi connectivity index (χ0) is 17.1. The first-order valence-corrected chi connectivity index (χ1v) is 9.37. The summed E-state index contributed by atoms with van der Waals surface area (Å²) in [6.07, 6.45) is 2.51. The third-order valence-electron chi connectivity index (χ3n) is 4.00. The summed E-state index contributed by atoms with van der Waals surface area (Å²) in [5.41, 5.74) is 2.74. The van der Waals surface area contributed by atoms with Crippen LogP contribution in [0.5, 0.6) is 0 Å². The number of hydrogen-bond acceptors (Lipinski definition) is 3. The van der Waals surface area contributed by atoms with Crippen molar-refractivity contribution in [2.45, 2.75) is 26.8 Å². The zero-order valence-corrected chi connectivity index (χ0v) is 16.0. The molecule has 1 amide bonds. The first-order valence-electron chi connectivity index (χ1n) is 7.76. The molecule has 0 spiro atoms. The smallest absolute Gasteiger partial charge is 0.253 e. The van der Waals surface area contributed by atoms with Gasteiger partial charge in [-0.1, -0.05) is 0 Å². The molecule has 4 nitrogen and oxygen atoms in total. The average Bonchev–Trinajstić information content (AvgIpc) is 3.26. The van der Waals surface area contributed by atoms with Crippen molar-refractivity contribution < 1.29 is 9.21 Å². The van der Waals surface area contributed by atoms with Crippen molar-refractivity contribution in [1.82, 2.24) is 9.88 Å². The highest BCUT2D eigenvalue weighted by atomic mass is 79.9. The largest absolute Gasteiger partial charge is 0.467 e. The maximum absolute atomic E-state index is 12.5. The number of aromatic nitrogens is 1. The summed E-state index contributed by atoms with van der Waals surface area (Å²) in [5.74, 6) is 0.858. The Hall–Kier alpha value is -1.79. The zero-order valence-electron chi connectivity index (χ0n) is 13.6. The summed E-state index contributed by atoms with van der Waals surface area (Å²) in [6.45, 7) is 5.26. The number of furan rings is 1. The van der Waals surface area contributed by atoms with Gasteiger partial charge in [0.1, 0.15) is 5.76 Å². The van der Waals surface area contributed by atoms with E-state index in [0.29, 0.717) is 13.1 Å². The number of nitrogens with one attached hydrogen (secondary N) is 1. The molecule has 0 fully saturated rings. The number of amides is 1. The Morgan fingerprint density at radius 2 is 2.17 bits per heavy atom. The second-order valence-electron chi connectivity index (χ2n) is 5.66. The molecule has 0 aliphatic heterocycles. The molecule has 126 valence electrons. The van der Waals surface area contributed by atoms with Crippen LogP contribution in [-0.2, 0) is 13.0 Å². The fourth-order valence-corrected chi connectivity index (χ4v) is 4.20. The van der Waals surface area contributed by atoms with Crippen LogP contribution < -0.4 is 5.32 Å². The quantitative estimate of drug-likeness (QED) is 0.652. The van der Waals surface area contributed by atoms with Gasteiger partial charge < -0.3 is 14.3 Å². The first kappa shape index (κ1) is 17.0. The lowest BCUT2D eigenvalue weighted by atomic mass is 10.2. The molecule has 0 aromatic carbocycles. The minimum atomic E-state index is -0.0237. The summed E-state index contributed by atoms with van der Waals surface area (Å²) >= 11 is 5.15. The third-order valence-corrected chi connectivity index (χ3v) is 5.68. The summed E-state index contributed by atoms with van der Waals surface area (Å²) in [5, 5.41) is 3.01. The van der Waals surface area contributed by atoms with Crippen LogP contribution in [0.4, 0.5) is 0 Å². The van der Waals surface area contributed by atoms with E-state index < -0.39 is 0 Å². The van der Waals surface area contributed by atoms with E-state index in [-0.39, 0.29) is 5.91 Å². The number of thiophene rings is 1. The predicted octanol–water partition coefficient (Wildman–Crippen LogP) is 4.54. The molecule has 0 radical (unpaired) electrons. The Morgan fingerprint density at radius 1 is 1.33 bits per heavy atom. The Labute approximate surface area is 153 Å². The molecule has 0 unspecified atom stereocenters. The number of carbonyl (C=O) groups is 1. The van der Waals surface area contributed by atoms with Crippen molar-refractivity contribution in [2.75, 3.05) is 6.54 Å². The molecule has 0 saturated carbocycles. The number of nitrogens with zero attached hydrogens (tertiary/aromatic N) is 1. The topological polar surface area (TPSA) is 47.2 Å². The van der Waals surface area contributed by atoms with Crippen molar-refractivity contribution in [2.24, 2.45) is 0 Å². The number of aryl methyl sites for hydroxylation is 1. The van der Waals surface area contributed by atoms with Crippen LogP contribution in [-0.4, -0.2) is 17.0 Å². The van der Waals surface area contributed by atoms with Gasteiger partial charge in [-0.05, 0) is 66.5 Å². The van der Waals surface area contributed by atoms with E-state index in [1.165, 1.54) is 4.88 Å². The molecule has 6 heteroatoms. The third kappa shape index (κ3) is 3.82. The fourth-order valence-electron chi connectivity index (χ4n) is 2.71. The minimum absolute atomic E-state index is 0.0237. The van der Waals surface area contributed by atoms with E-state index in [2.05, 4.69) is 31.9 Å². The van der Waals surface area contributed by atoms with E-state index in [1.807, 2.05) is 38.1 Å². The standard InChI is InChI=1S/C18H19BrN2O2S/c1-12-10-16(13(2)21(12)11-14-4-3-9-23-14)18(22)20-8-7-15-5-6-17(19)24-15/h3-6,9-10H,7-8,11H2,1-2H3,(H,20,22). The molecule has 0 atom stereocenters. The SMILES string of the molecule is Cc1cc(C(=O)NCCc2ccc(Br)s2)c(C)n1Cc1ccco1. The molecule has 3 rings (SSSR count). The van der Waals surface area contributed by atoms with Crippen LogP contribution in [0.15, 0.2) is 44.8 Å². The molecule has 0 bridgehead atoms. The number of halogens is 1. The molecule has 3 heterocycles. The molecule has 1 N–H and O–H groups in total. The fraction of sp³-hybridized carbons (Fsp3) is 0.278. The van der Waals surface area contributed by atoms with Gasteiger partial charge in [-0.3, -0.25) is 4.79 Å². The predicted molar refractivity (Wildman–Crippen MR) is 99.8 cm³/mol. The lowest BCUT2D eigenvalue weighted by Gasteiger charge is -2.08. The molecule has 0 aliphatic rings. The lowest BCUT2D eigenvalue weighted by Crippen LogP contribution is -2.26. The Bertz CT molecular complexity index is 833. The van der Waals surface area contributed by atoms with Gasteiger partial charge >= 0.3 is 0 Å². The minimum Gasteiger partial charge on any atom is -0.467 e. The Balaban J connectivity index is 1.64. The summed E-state index contributed by atoms with van der Waals surface area (Å²) in [7, 11) is 0. The van der Waals surface area contributed by atoms with E-state index >= 15 is 0 Å². The summed E-state index contributed by atoms with van der Waals surface area (Å²) in [6, 6.07) is 9.87. The Kier molecular flexibility index (Phi) is 5.26. The van der Waals surface area contributed by atoms with Gasteiger partial charge in [-0.2, -0.15) is 0 Å². The average molecular weight is 407 g/mol. The van der Waals surface area contributed by atoms with Crippen molar-refractivity contribution in [3.05, 3.63) is 68.0 Å². The van der Waals surface area contributed by atoms with Crippen LogP contribution in [0.2, 0.25) is 0 Å². The molecule has 3 aromatic heterocycles. The second-order valence-corrected chi connectivity index (χ2v) is 8.21. The normalized spacial score (nSPS) is 11.0. The van der Waals surface area contributed by atoms with E-state index in [4.69, 9.17) is 4.42 Å². The van der Waals surface area contributed by atoms with Crippen LogP contribution in [0.25, 0.3) is 0 Å².